The van der Waals surface area contributed by atoms with E-state index in [9.17, 15) is 0 Å². The van der Waals surface area contributed by atoms with Crippen molar-refractivity contribution in [1.82, 2.24) is 9.97 Å². The van der Waals surface area contributed by atoms with Crippen LogP contribution in [0.3, 0.4) is 0 Å². The first-order valence-corrected chi connectivity index (χ1v) is 9.11. The van der Waals surface area contributed by atoms with Crippen molar-refractivity contribution < 1.29 is 14.2 Å². The van der Waals surface area contributed by atoms with Gasteiger partial charge < -0.3 is 19.2 Å². The van der Waals surface area contributed by atoms with Crippen LogP contribution in [0.1, 0.15) is 11.1 Å². The number of rotatable bonds is 3. The van der Waals surface area contributed by atoms with Gasteiger partial charge in [-0.05, 0) is 40.2 Å². The maximum Gasteiger partial charge on any atom is 0.205 e. The van der Waals surface area contributed by atoms with Gasteiger partial charge in [0.2, 0.25) is 5.88 Å². The molecule has 3 aromatic rings. The van der Waals surface area contributed by atoms with Crippen LogP contribution < -0.4 is 14.2 Å². The Kier molecular flexibility index (Phi) is 4.42. The van der Waals surface area contributed by atoms with Crippen LogP contribution in [0.4, 0.5) is 0 Å². The number of nitrogens with one attached hydrogen (secondary N) is 1. The fourth-order valence-corrected chi connectivity index (χ4v) is 3.74. The van der Waals surface area contributed by atoms with Crippen molar-refractivity contribution in [3.63, 3.8) is 0 Å². The first-order valence-electron chi connectivity index (χ1n) is 7.91. The van der Waals surface area contributed by atoms with Crippen molar-refractivity contribution >= 4 is 28.1 Å². The van der Waals surface area contributed by atoms with Crippen LogP contribution >= 0.6 is 28.1 Å². The zero-order valence-corrected chi connectivity index (χ0v) is 16.5. The summed E-state index contributed by atoms with van der Waals surface area (Å²) in [4.78, 5) is 7.82. The molecule has 4 rings (SSSR count). The maximum atomic E-state index is 6.09. The molecule has 2 heterocycles. The van der Waals surface area contributed by atoms with Crippen LogP contribution in [-0.4, -0.2) is 24.2 Å². The quantitative estimate of drug-likeness (QED) is 0.447. The molecule has 2 aromatic carbocycles. The predicted octanol–water partition coefficient (Wildman–Crippen LogP) is 5.28. The minimum absolute atomic E-state index is 0.522. The molecule has 5 nitrogen and oxygen atoms in total. The standard InChI is InChI=1S/C19H15BrN2O3S/c1-23-14-7-6-11(9-13(14)20)17-21-18-12(19(26)22-17)8-10-4-3-5-15(24-2)16(10)25-18/h3-7,9H,8H2,1-2H3,(H,21,22,26). The van der Waals surface area contributed by atoms with E-state index < -0.39 is 0 Å². The summed E-state index contributed by atoms with van der Waals surface area (Å²) in [6, 6.07) is 11.5. The van der Waals surface area contributed by atoms with E-state index in [2.05, 4.69) is 25.9 Å². The molecular weight excluding hydrogens is 416 g/mol. The first-order chi connectivity index (χ1) is 12.6. The highest BCUT2D eigenvalue weighted by Crippen LogP contribution is 2.42. The highest BCUT2D eigenvalue weighted by Gasteiger charge is 2.23. The summed E-state index contributed by atoms with van der Waals surface area (Å²) in [6.07, 6.45) is 0.650. The van der Waals surface area contributed by atoms with E-state index in [1.165, 1.54) is 0 Å². The molecule has 0 aliphatic carbocycles. The second-order valence-corrected chi connectivity index (χ2v) is 7.02. The van der Waals surface area contributed by atoms with E-state index in [4.69, 9.17) is 26.4 Å². The number of H-pyrrole nitrogens is 1. The summed E-state index contributed by atoms with van der Waals surface area (Å²) in [6.45, 7) is 0. The number of methoxy groups -OCH3 is 2. The number of ether oxygens (including phenoxy) is 3. The summed E-state index contributed by atoms with van der Waals surface area (Å²) in [5.41, 5.74) is 2.77. The van der Waals surface area contributed by atoms with Gasteiger partial charge in [0.25, 0.3) is 0 Å². The Labute approximate surface area is 164 Å². The number of hydrogen-bond acceptors (Lipinski definition) is 5. The van der Waals surface area contributed by atoms with Crippen molar-refractivity contribution in [2.24, 2.45) is 0 Å². The molecule has 1 N–H and O–H groups in total. The molecule has 0 saturated carbocycles. The monoisotopic (exact) mass is 430 g/mol. The minimum Gasteiger partial charge on any atom is -0.496 e. The summed E-state index contributed by atoms with van der Waals surface area (Å²) in [7, 11) is 3.26. The smallest absolute Gasteiger partial charge is 0.205 e. The molecule has 0 fully saturated rings. The van der Waals surface area contributed by atoms with Gasteiger partial charge in [0.1, 0.15) is 16.2 Å². The van der Waals surface area contributed by atoms with Crippen LogP contribution in [0.2, 0.25) is 0 Å². The largest absolute Gasteiger partial charge is 0.496 e. The number of halogens is 1. The minimum atomic E-state index is 0.522. The van der Waals surface area contributed by atoms with E-state index >= 15 is 0 Å². The molecule has 0 radical (unpaired) electrons. The zero-order chi connectivity index (χ0) is 18.3. The lowest BCUT2D eigenvalue weighted by Crippen LogP contribution is -2.09. The third-order valence-electron chi connectivity index (χ3n) is 4.25. The molecule has 0 amide bonds. The van der Waals surface area contributed by atoms with E-state index in [0.29, 0.717) is 34.3 Å². The Balaban J connectivity index is 1.80. The van der Waals surface area contributed by atoms with Crippen molar-refractivity contribution in [3.05, 3.63) is 56.6 Å². The Morgan fingerprint density at radius 3 is 2.69 bits per heavy atom. The molecule has 1 aliphatic rings. The molecule has 0 saturated heterocycles. The fourth-order valence-electron chi connectivity index (χ4n) is 2.94. The Hall–Kier alpha value is -2.38. The average Bonchev–Trinajstić information content (AvgIpc) is 2.66. The average molecular weight is 431 g/mol. The number of hydrogen-bond donors (Lipinski definition) is 1. The lowest BCUT2D eigenvalue weighted by atomic mass is 10.0. The number of fused-ring (bicyclic) bond motifs is 2. The summed E-state index contributed by atoms with van der Waals surface area (Å²) in [5, 5.41) is 0. The van der Waals surface area contributed by atoms with Crippen molar-refractivity contribution in [2.75, 3.05) is 14.2 Å². The van der Waals surface area contributed by atoms with Crippen LogP contribution in [0.25, 0.3) is 11.4 Å². The molecule has 1 aromatic heterocycles. The van der Waals surface area contributed by atoms with Crippen molar-refractivity contribution in [2.45, 2.75) is 6.42 Å². The molecule has 0 unspecified atom stereocenters. The second-order valence-electron chi connectivity index (χ2n) is 5.77. The third-order valence-corrected chi connectivity index (χ3v) is 5.21. The van der Waals surface area contributed by atoms with Gasteiger partial charge >= 0.3 is 0 Å². The van der Waals surface area contributed by atoms with Gasteiger partial charge in [0.15, 0.2) is 11.5 Å². The molecule has 1 aliphatic heterocycles. The number of nitrogens with zero attached hydrogens (tertiary/aromatic N) is 1. The Morgan fingerprint density at radius 1 is 1.15 bits per heavy atom. The third kappa shape index (κ3) is 2.87. The normalized spacial score (nSPS) is 12.0. The molecule has 0 spiro atoms. The topological polar surface area (TPSA) is 56.4 Å². The van der Waals surface area contributed by atoms with E-state index in [-0.39, 0.29) is 0 Å². The van der Waals surface area contributed by atoms with Crippen molar-refractivity contribution in [1.29, 1.82) is 0 Å². The van der Waals surface area contributed by atoms with Crippen LogP contribution in [0, 0.1) is 4.64 Å². The van der Waals surface area contributed by atoms with Gasteiger partial charge in [-0.2, -0.15) is 0 Å². The number of benzene rings is 2. The number of para-hydroxylation sites is 1. The molecule has 26 heavy (non-hydrogen) atoms. The SMILES string of the molecule is COc1ccc(-c2nc(=S)c3c([nH]2)Oc2c(cccc2OC)C3)cc1Br. The van der Waals surface area contributed by atoms with Gasteiger partial charge in [-0.15, -0.1) is 0 Å². The number of aromatic nitrogens is 2. The van der Waals surface area contributed by atoms with E-state index in [1.807, 2.05) is 36.4 Å². The van der Waals surface area contributed by atoms with Crippen LogP contribution in [-0.2, 0) is 6.42 Å². The molecule has 0 atom stereocenters. The van der Waals surface area contributed by atoms with Crippen LogP contribution in [0.15, 0.2) is 40.9 Å². The van der Waals surface area contributed by atoms with Gasteiger partial charge in [0.05, 0.1) is 24.3 Å². The number of aromatic amines is 1. The lowest BCUT2D eigenvalue weighted by molar-refractivity contribution is 0.365. The lowest BCUT2D eigenvalue weighted by Gasteiger charge is -2.22. The Bertz CT molecular complexity index is 1070. The summed E-state index contributed by atoms with van der Waals surface area (Å²) >= 11 is 9.02. The highest BCUT2D eigenvalue weighted by molar-refractivity contribution is 9.10. The summed E-state index contributed by atoms with van der Waals surface area (Å²) in [5.74, 6) is 3.39. The summed E-state index contributed by atoms with van der Waals surface area (Å²) < 4.78 is 18.1. The Morgan fingerprint density at radius 2 is 1.96 bits per heavy atom. The molecule has 132 valence electrons. The van der Waals surface area contributed by atoms with Crippen molar-refractivity contribution in [3.8, 4) is 34.5 Å². The van der Waals surface area contributed by atoms with Crippen LogP contribution in [0.5, 0.6) is 23.1 Å². The van der Waals surface area contributed by atoms with E-state index in [0.717, 1.165) is 26.9 Å². The van der Waals surface area contributed by atoms with Gasteiger partial charge in [-0.3, -0.25) is 0 Å². The van der Waals surface area contributed by atoms with E-state index in [1.54, 1.807) is 14.2 Å². The predicted molar refractivity (Wildman–Crippen MR) is 105 cm³/mol. The van der Waals surface area contributed by atoms with Gasteiger partial charge in [-0.1, -0.05) is 24.4 Å². The second kappa shape index (κ2) is 6.74. The van der Waals surface area contributed by atoms with Gasteiger partial charge in [-0.25, -0.2) is 4.98 Å². The fraction of sp³-hybridized carbons (Fsp3) is 0.158. The highest BCUT2D eigenvalue weighted by atomic mass is 79.9. The molecule has 7 heteroatoms. The zero-order valence-electron chi connectivity index (χ0n) is 14.1. The molecular formula is C19H15BrN2O3S. The maximum absolute atomic E-state index is 6.09. The van der Waals surface area contributed by atoms with Gasteiger partial charge in [0, 0.05) is 17.5 Å². The molecule has 0 bridgehead atoms. The first kappa shape index (κ1) is 17.1.